The molecule has 0 unspecified atom stereocenters. The largest absolute Gasteiger partial charge is 0.464 e. The van der Waals surface area contributed by atoms with Crippen molar-refractivity contribution in [1.29, 1.82) is 0 Å². The third kappa shape index (κ3) is 3.63. The predicted molar refractivity (Wildman–Crippen MR) is 91.6 cm³/mol. The summed E-state index contributed by atoms with van der Waals surface area (Å²) in [6, 6.07) is 8.51. The van der Waals surface area contributed by atoms with Gasteiger partial charge in [0.05, 0.1) is 25.0 Å². The molecule has 1 saturated heterocycles. The molecule has 120 valence electrons. The van der Waals surface area contributed by atoms with E-state index in [4.69, 9.17) is 9.15 Å². The van der Waals surface area contributed by atoms with Gasteiger partial charge in [-0.3, -0.25) is 9.88 Å². The van der Waals surface area contributed by atoms with Crippen LogP contribution in [0.4, 0.5) is 0 Å². The van der Waals surface area contributed by atoms with E-state index in [-0.39, 0.29) is 0 Å². The standard InChI is InChI=1S/C18H20N2O2S/c1-2-16-3-5-22-18(16)8-14(1)7-15-10-20(4-6-21-12-15)11-17-9-19-13-23-17/h1-3,5,8-9,13,15H,4,6-7,10-12H2/t15-/m0/s1. The first-order chi connectivity index (χ1) is 11.4. The fraction of sp³-hybridized carbons (Fsp3) is 0.389. The number of benzene rings is 1. The van der Waals surface area contributed by atoms with E-state index in [9.17, 15) is 0 Å². The van der Waals surface area contributed by atoms with Crippen LogP contribution in [0.5, 0.6) is 0 Å². The molecule has 1 aliphatic heterocycles. The molecule has 0 bridgehead atoms. The Kier molecular flexibility index (Phi) is 4.41. The Hall–Kier alpha value is -1.69. The Morgan fingerprint density at radius 2 is 2.30 bits per heavy atom. The van der Waals surface area contributed by atoms with Crippen molar-refractivity contribution in [3.05, 3.63) is 52.7 Å². The predicted octanol–water partition coefficient (Wildman–Crippen LogP) is 3.58. The Morgan fingerprint density at radius 3 is 3.22 bits per heavy atom. The molecule has 0 spiro atoms. The highest BCUT2D eigenvalue weighted by Crippen LogP contribution is 2.21. The summed E-state index contributed by atoms with van der Waals surface area (Å²) >= 11 is 1.72. The van der Waals surface area contributed by atoms with Crippen molar-refractivity contribution in [3.63, 3.8) is 0 Å². The molecule has 0 saturated carbocycles. The molecular formula is C18H20N2O2S. The van der Waals surface area contributed by atoms with Crippen LogP contribution in [0.1, 0.15) is 10.4 Å². The summed E-state index contributed by atoms with van der Waals surface area (Å²) in [5.74, 6) is 0.512. The van der Waals surface area contributed by atoms with Gasteiger partial charge in [-0.25, -0.2) is 0 Å². The summed E-state index contributed by atoms with van der Waals surface area (Å²) in [5, 5.41) is 1.16. The zero-order valence-electron chi connectivity index (χ0n) is 13.0. The van der Waals surface area contributed by atoms with E-state index in [0.717, 1.165) is 50.2 Å². The third-order valence-electron chi connectivity index (χ3n) is 4.33. The molecule has 0 N–H and O–H groups in total. The molecule has 0 amide bonds. The first-order valence-electron chi connectivity index (χ1n) is 8.00. The van der Waals surface area contributed by atoms with E-state index >= 15 is 0 Å². The molecule has 0 radical (unpaired) electrons. The zero-order chi connectivity index (χ0) is 15.5. The van der Waals surface area contributed by atoms with Gasteiger partial charge in [-0.15, -0.1) is 11.3 Å². The molecule has 1 fully saturated rings. The zero-order valence-corrected chi connectivity index (χ0v) is 13.8. The second-order valence-corrected chi connectivity index (χ2v) is 7.11. The minimum absolute atomic E-state index is 0.512. The first-order valence-corrected chi connectivity index (χ1v) is 8.88. The number of aromatic nitrogens is 1. The number of furan rings is 1. The normalized spacial score (nSPS) is 19.9. The van der Waals surface area contributed by atoms with Crippen molar-refractivity contribution in [1.82, 2.24) is 9.88 Å². The van der Waals surface area contributed by atoms with Crippen molar-refractivity contribution in [2.75, 3.05) is 26.3 Å². The highest BCUT2D eigenvalue weighted by atomic mass is 32.1. The van der Waals surface area contributed by atoms with E-state index in [2.05, 4.69) is 28.1 Å². The lowest BCUT2D eigenvalue weighted by Gasteiger charge is -2.22. The van der Waals surface area contributed by atoms with Gasteiger partial charge in [-0.1, -0.05) is 12.1 Å². The van der Waals surface area contributed by atoms with Crippen LogP contribution in [0.15, 0.2) is 46.7 Å². The molecule has 3 heterocycles. The van der Waals surface area contributed by atoms with E-state index in [1.54, 1.807) is 17.6 Å². The fourth-order valence-electron chi connectivity index (χ4n) is 3.22. The maximum Gasteiger partial charge on any atom is 0.134 e. The SMILES string of the molecule is c1cc2ccc(C[C@@H]3COCCN(Cc4cncs4)C3)cc2o1. The van der Waals surface area contributed by atoms with Gasteiger partial charge < -0.3 is 9.15 Å². The minimum atomic E-state index is 0.512. The molecule has 2 aromatic heterocycles. The Balaban J connectivity index is 1.44. The third-order valence-corrected chi connectivity index (χ3v) is 5.09. The van der Waals surface area contributed by atoms with Crippen LogP contribution in [0.2, 0.25) is 0 Å². The number of nitrogens with zero attached hydrogens (tertiary/aromatic N) is 2. The Morgan fingerprint density at radius 1 is 1.30 bits per heavy atom. The van der Waals surface area contributed by atoms with Crippen molar-refractivity contribution in [3.8, 4) is 0 Å². The molecule has 1 aliphatic rings. The summed E-state index contributed by atoms with van der Waals surface area (Å²) in [6.07, 6.45) is 4.74. The van der Waals surface area contributed by atoms with Crippen molar-refractivity contribution >= 4 is 22.3 Å². The van der Waals surface area contributed by atoms with Gasteiger partial charge in [0.2, 0.25) is 0 Å². The number of thiazole rings is 1. The molecular weight excluding hydrogens is 308 g/mol. The van der Waals surface area contributed by atoms with Crippen molar-refractivity contribution in [2.45, 2.75) is 13.0 Å². The summed E-state index contributed by atoms with van der Waals surface area (Å²) < 4.78 is 11.3. The Labute approximate surface area is 139 Å². The average Bonchev–Trinajstić information content (AvgIpc) is 3.17. The van der Waals surface area contributed by atoms with Gasteiger partial charge in [0.1, 0.15) is 5.58 Å². The molecule has 1 aromatic carbocycles. The van der Waals surface area contributed by atoms with Crippen molar-refractivity contribution < 1.29 is 9.15 Å². The van der Waals surface area contributed by atoms with Gasteiger partial charge in [0.15, 0.2) is 0 Å². The van der Waals surface area contributed by atoms with Crippen LogP contribution in [0.25, 0.3) is 11.0 Å². The van der Waals surface area contributed by atoms with Crippen LogP contribution in [-0.2, 0) is 17.7 Å². The number of rotatable bonds is 4. The van der Waals surface area contributed by atoms with Gasteiger partial charge >= 0.3 is 0 Å². The first kappa shape index (κ1) is 14.9. The topological polar surface area (TPSA) is 38.5 Å². The minimum Gasteiger partial charge on any atom is -0.464 e. The lowest BCUT2D eigenvalue weighted by Crippen LogP contribution is -2.30. The summed E-state index contributed by atoms with van der Waals surface area (Å²) in [7, 11) is 0. The van der Waals surface area contributed by atoms with Crippen LogP contribution in [0, 0.1) is 5.92 Å². The fourth-order valence-corrected chi connectivity index (χ4v) is 3.86. The molecule has 23 heavy (non-hydrogen) atoms. The number of hydrogen-bond acceptors (Lipinski definition) is 5. The van der Waals surface area contributed by atoms with E-state index in [1.165, 1.54) is 10.4 Å². The van der Waals surface area contributed by atoms with Gasteiger partial charge in [0, 0.05) is 36.1 Å². The number of fused-ring (bicyclic) bond motifs is 1. The molecule has 1 atom stereocenters. The summed E-state index contributed by atoms with van der Waals surface area (Å²) in [4.78, 5) is 7.98. The molecule has 4 rings (SSSR count). The molecule has 4 nitrogen and oxygen atoms in total. The number of hydrogen-bond donors (Lipinski definition) is 0. The maximum atomic E-state index is 5.82. The molecule has 5 heteroatoms. The molecule has 3 aromatic rings. The van der Waals surface area contributed by atoms with Crippen molar-refractivity contribution in [2.24, 2.45) is 5.92 Å². The van der Waals surface area contributed by atoms with Crippen LogP contribution >= 0.6 is 11.3 Å². The lowest BCUT2D eigenvalue weighted by atomic mass is 9.99. The molecule has 0 aliphatic carbocycles. The highest BCUT2D eigenvalue weighted by Gasteiger charge is 2.20. The van der Waals surface area contributed by atoms with Gasteiger partial charge in [-0.2, -0.15) is 0 Å². The van der Waals surface area contributed by atoms with E-state index in [0.29, 0.717) is 5.92 Å². The van der Waals surface area contributed by atoms with Crippen LogP contribution in [0.3, 0.4) is 0 Å². The lowest BCUT2D eigenvalue weighted by molar-refractivity contribution is 0.122. The monoisotopic (exact) mass is 328 g/mol. The summed E-state index contributed by atoms with van der Waals surface area (Å²) in [5.41, 5.74) is 4.19. The maximum absolute atomic E-state index is 5.82. The smallest absolute Gasteiger partial charge is 0.134 e. The van der Waals surface area contributed by atoms with Gasteiger partial charge in [0.25, 0.3) is 0 Å². The quantitative estimate of drug-likeness (QED) is 0.734. The van der Waals surface area contributed by atoms with Gasteiger partial charge in [-0.05, 0) is 30.0 Å². The Bertz CT molecular complexity index is 753. The second-order valence-electron chi connectivity index (χ2n) is 6.14. The van der Waals surface area contributed by atoms with Crippen LogP contribution in [-0.4, -0.2) is 36.2 Å². The number of ether oxygens (including phenoxy) is 1. The highest BCUT2D eigenvalue weighted by molar-refractivity contribution is 7.09. The second kappa shape index (κ2) is 6.83. The summed E-state index contributed by atoms with van der Waals surface area (Å²) in [6.45, 7) is 4.67. The van der Waals surface area contributed by atoms with E-state index < -0.39 is 0 Å². The van der Waals surface area contributed by atoms with Crippen LogP contribution < -0.4 is 0 Å². The van der Waals surface area contributed by atoms with E-state index in [1.807, 2.05) is 17.8 Å². The average molecular weight is 328 g/mol.